The predicted octanol–water partition coefficient (Wildman–Crippen LogP) is 1.43. The lowest BCUT2D eigenvalue weighted by Gasteiger charge is -2.31. The Morgan fingerprint density at radius 1 is 1.41 bits per heavy atom. The van der Waals surface area contributed by atoms with Gasteiger partial charge in [-0.1, -0.05) is 12.1 Å². The van der Waals surface area contributed by atoms with Crippen molar-refractivity contribution < 1.29 is 8.42 Å². The average molecular weight is 319 g/mol. The van der Waals surface area contributed by atoms with Crippen LogP contribution in [0.4, 0.5) is 0 Å². The van der Waals surface area contributed by atoms with Gasteiger partial charge in [0.05, 0.1) is 4.90 Å². The quantitative estimate of drug-likeness (QED) is 0.897. The van der Waals surface area contributed by atoms with Gasteiger partial charge in [-0.25, -0.2) is 8.42 Å². The van der Waals surface area contributed by atoms with Gasteiger partial charge in [-0.2, -0.15) is 4.31 Å². The van der Waals surface area contributed by atoms with Crippen LogP contribution in [0.25, 0.3) is 0 Å². The monoisotopic (exact) mass is 318 g/mol. The van der Waals surface area contributed by atoms with Gasteiger partial charge in [-0.3, -0.25) is 0 Å². The van der Waals surface area contributed by atoms with Gasteiger partial charge in [0.2, 0.25) is 10.0 Å². The van der Waals surface area contributed by atoms with Crippen molar-refractivity contribution in [3.05, 3.63) is 28.7 Å². The van der Waals surface area contributed by atoms with Crippen molar-refractivity contribution in [2.45, 2.75) is 17.9 Å². The number of hydrogen-bond donors (Lipinski definition) is 1. The van der Waals surface area contributed by atoms with E-state index in [0.717, 1.165) is 0 Å². The maximum Gasteiger partial charge on any atom is 0.244 e. The Kier molecular flexibility index (Phi) is 3.87. The number of hydrogen-bond acceptors (Lipinski definition) is 3. The van der Waals surface area contributed by atoms with Crippen LogP contribution >= 0.6 is 15.9 Å². The third kappa shape index (κ3) is 2.70. The Bertz CT molecular complexity index is 504. The summed E-state index contributed by atoms with van der Waals surface area (Å²) >= 11 is 3.29. The molecule has 94 valence electrons. The Balaban J connectivity index is 2.33. The molecule has 1 aliphatic heterocycles. The van der Waals surface area contributed by atoms with E-state index in [1.165, 1.54) is 4.31 Å². The second-order valence-corrected chi connectivity index (χ2v) is 6.91. The van der Waals surface area contributed by atoms with E-state index in [0.29, 0.717) is 29.0 Å². The Morgan fingerprint density at radius 3 is 2.76 bits per heavy atom. The van der Waals surface area contributed by atoms with E-state index < -0.39 is 10.0 Å². The molecule has 1 aromatic rings. The maximum atomic E-state index is 12.4. The summed E-state index contributed by atoms with van der Waals surface area (Å²) in [5, 5.41) is 3.23. The molecule has 2 rings (SSSR count). The molecule has 1 heterocycles. The standard InChI is InChI=1S/C11H15BrN2O2S/c1-9-8-14(7-6-13-9)17(15,16)11-5-3-2-4-10(11)12/h2-5,9,13H,6-8H2,1H3. The molecule has 1 fully saturated rings. The smallest absolute Gasteiger partial charge is 0.244 e. The molecule has 17 heavy (non-hydrogen) atoms. The number of nitrogens with one attached hydrogen (secondary N) is 1. The molecule has 1 saturated heterocycles. The molecule has 1 atom stereocenters. The zero-order valence-corrected chi connectivity index (χ0v) is 12.0. The largest absolute Gasteiger partial charge is 0.312 e. The molecule has 1 aromatic carbocycles. The number of sulfonamides is 1. The number of benzene rings is 1. The van der Waals surface area contributed by atoms with Crippen molar-refractivity contribution in [3.8, 4) is 0 Å². The van der Waals surface area contributed by atoms with Crippen LogP contribution in [-0.2, 0) is 10.0 Å². The number of halogens is 1. The van der Waals surface area contributed by atoms with Crippen molar-refractivity contribution in [2.24, 2.45) is 0 Å². The first-order valence-electron chi connectivity index (χ1n) is 5.50. The summed E-state index contributed by atoms with van der Waals surface area (Å²) in [5.41, 5.74) is 0. The van der Waals surface area contributed by atoms with Gasteiger partial charge < -0.3 is 5.32 Å². The van der Waals surface area contributed by atoms with Gasteiger partial charge in [-0.05, 0) is 35.0 Å². The van der Waals surface area contributed by atoms with E-state index in [-0.39, 0.29) is 6.04 Å². The minimum absolute atomic E-state index is 0.195. The molecule has 1 unspecified atom stereocenters. The highest BCUT2D eigenvalue weighted by atomic mass is 79.9. The van der Waals surface area contributed by atoms with Crippen molar-refractivity contribution in [1.29, 1.82) is 0 Å². The van der Waals surface area contributed by atoms with Crippen molar-refractivity contribution in [3.63, 3.8) is 0 Å². The van der Waals surface area contributed by atoms with E-state index in [1.54, 1.807) is 18.2 Å². The van der Waals surface area contributed by atoms with Gasteiger partial charge >= 0.3 is 0 Å². The topological polar surface area (TPSA) is 49.4 Å². The summed E-state index contributed by atoms with van der Waals surface area (Å²) in [5.74, 6) is 0. The maximum absolute atomic E-state index is 12.4. The molecular formula is C11H15BrN2O2S. The lowest BCUT2D eigenvalue weighted by atomic mass is 10.3. The summed E-state index contributed by atoms with van der Waals surface area (Å²) in [6, 6.07) is 7.12. The zero-order chi connectivity index (χ0) is 12.5. The minimum Gasteiger partial charge on any atom is -0.312 e. The van der Waals surface area contributed by atoms with Crippen LogP contribution in [0.3, 0.4) is 0 Å². The fourth-order valence-electron chi connectivity index (χ4n) is 1.91. The first kappa shape index (κ1) is 13.0. The fraction of sp³-hybridized carbons (Fsp3) is 0.455. The first-order valence-corrected chi connectivity index (χ1v) is 7.73. The Hall–Kier alpha value is -0.430. The molecule has 1 N–H and O–H groups in total. The molecular weight excluding hydrogens is 304 g/mol. The number of piperazine rings is 1. The lowest BCUT2D eigenvalue weighted by molar-refractivity contribution is 0.310. The van der Waals surface area contributed by atoms with Crippen LogP contribution < -0.4 is 5.32 Å². The summed E-state index contributed by atoms with van der Waals surface area (Å²) in [7, 11) is -3.38. The summed E-state index contributed by atoms with van der Waals surface area (Å²) in [4.78, 5) is 0.342. The molecule has 0 saturated carbocycles. The van der Waals surface area contributed by atoms with Crippen molar-refractivity contribution >= 4 is 26.0 Å². The second kappa shape index (κ2) is 5.06. The zero-order valence-electron chi connectivity index (χ0n) is 9.56. The van der Waals surface area contributed by atoms with Gasteiger partial charge in [0.1, 0.15) is 0 Å². The Morgan fingerprint density at radius 2 is 2.12 bits per heavy atom. The van der Waals surface area contributed by atoms with Crippen LogP contribution in [-0.4, -0.2) is 38.4 Å². The molecule has 0 radical (unpaired) electrons. The third-order valence-corrected chi connectivity index (χ3v) is 5.66. The lowest BCUT2D eigenvalue weighted by Crippen LogP contribution is -2.51. The van der Waals surface area contributed by atoms with E-state index in [9.17, 15) is 8.42 Å². The molecule has 0 aromatic heterocycles. The first-order chi connectivity index (χ1) is 8.01. The number of nitrogens with zero attached hydrogens (tertiary/aromatic N) is 1. The Labute approximate surface area is 110 Å². The second-order valence-electron chi connectivity index (χ2n) is 4.15. The SMILES string of the molecule is CC1CN(S(=O)(=O)c2ccccc2Br)CCN1. The summed E-state index contributed by atoms with van der Waals surface area (Å²) in [6.45, 7) is 3.73. The van der Waals surface area contributed by atoms with Gasteiger partial charge in [0.15, 0.2) is 0 Å². The molecule has 0 amide bonds. The van der Waals surface area contributed by atoms with Gasteiger partial charge in [0.25, 0.3) is 0 Å². The molecule has 6 heteroatoms. The van der Waals surface area contributed by atoms with Crippen molar-refractivity contribution in [1.82, 2.24) is 9.62 Å². The fourth-order valence-corrected chi connectivity index (χ4v) is 4.40. The predicted molar refractivity (Wildman–Crippen MR) is 70.4 cm³/mol. The molecule has 4 nitrogen and oxygen atoms in total. The normalized spacial score (nSPS) is 22.6. The van der Waals surface area contributed by atoms with Crippen molar-refractivity contribution in [2.75, 3.05) is 19.6 Å². The van der Waals surface area contributed by atoms with E-state index in [4.69, 9.17) is 0 Å². The number of rotatable bonds is 2. The summed E-state index contributed by atoms with van der Waals surface area (Å²) < 4.78 is 27.0. The van der Waals surface area contributed by atoms with Gasteiger partial charge in [0, 0.05) is 30.1 Å². The van der Waals surface area contributed by atoms with Crippen LogP contribution in [0.1, 0.15) is 6.92 Å². The highest BCUT2D eigenvalue weighted by Gasteiger charge is 2.29. The van der Waals surface area contributed by atoms with Crippen LogP contribution in [0, 0.1) is 0 Å². The highest BCUT2D eigenvalue weighted by Crippen LogP contribution is 2.25. The van der Waals surface area contributed by atoms with E-state index in [2.05, 4.69) is 21.2 Å². The third-order valence-electron chi connectivity index (χ3n) is 2.79. The average Bonchev–Trinajstić information content (AvgIpc) is 2.29. The van der Waals surface area contributed by atoms with E-state index in [1.807, 2.05) is 13.0 Å². The summed E-state index contributed by atoms with van der Waals surface area (Å²) in [6.07, 6.45) is 0. The van der Waals surface area contributed by atoms with Gasteiger partial charge in [-0.15, -0.1) is 0 Å². The van der Waals surface area contributed by atoms with Crippen LogP contribution in [0.5, 0.6) is 0 Å². The van der Waals surface area contributed by atoms with E-state index >= 15 is 0 Å². The molecule has 0 spiro atoms. The minimum atomic E-state index is -3.38. The molecule has 1 aliphatic rings. The highest BCUT2D eigenvalue weighted by molar-refractivity contribution is 9.10. The van der Waals surface area contributed by atoms with Crippen LogP contribution in [0.15, 0.2) is 33.6 Å². The molecule has 0 bridgehead atoms. The van der Waals surface area contributed by atoms with Crippen LogP contribution in [0.2, 0.25) is 0 Å². The molecule has 0 aliphatic carbocycles.